The zero-order valence-electron chi connectivity index (χ0n) is 11.9. The van der Waals surface area contributed by atoms with E-state index in [0.29, 0.717) is 0 Å². The van der Waals surface area contributed by atoms with E-state index in [4.69, 9.17) is 4.74 Å². The lowest BCUT2D eigenvalue weighted by Crippen LogP contribution is -2.15. The third-order valence-corrected chi connectivity index (χ3v) is 2.96. The number of unbranched alkanes of at least 4 members (excludes halogenated alkanes) is 3. The van der Waals surface area contributed by atoms with E-state index in [1.165, 1.54) is 31.2 Å². The highest BCUT2D eigenvalue weighted by molar-refractivity contribution is 5.26. The second-order valence-electron chi connectivity index (χ2n) is 4.83. The van der Waals surface area contributed by atoms with Crippen molar-refractivity contribution in [3.8, 4) is 5.75 Å². The first-order valence-corrected chi connectivity index (χ1v) is 7.23. The van der Waals surface area contributed by atoms with Gasteiger partial charge in [-0.05, 0) is 51.4 Å². The maximum Gasteiger partial charge on any atom is 0.119 e. The first-order chi connectivity index (χ1) is 8.83. The fraction of sp³-hybridized carbons (Fsp3) is 0.625. The molecule has 1 rings (SSSR count). The van der Waals surface area contributed by atoms with Gasteiger partial charge in [0.1, 0.15) is 5.75 Å². The molecule has 0 saturated carbocycles. The molecule has 0 heterocycles. The molecule has 2 heteroatoms. The predicted molar refractivity (Wildman–Crippen MR) is 78.3 cm³/mol. The molecule has 2 nitrogen and oxygen atoms in total. The van der Waals surface area contributed by atoms with Crippen LogP contribution in [-0.4, -0.2) is 19.7 Å². The molecule has 0 atom stereocenters. The van der Waals surface area contributed by atoms with Crippen molar-refractivity contribution in [1.82, 2.24) is 5.32 Å². The SMILES string of the molecule is CCCNCCCCCCOc1ccc(C)cc1. The molecular formula is C16H27NO. The van der Waals surface area contributed by atoms with E-state index in [-0.39, 0.29) is 0 Å². The van der Waals surface area contributed by atoms with Crippen molar-refractivity contribution in [1.29, 1.82) is 0 Å². The highest BCUT2D eigenvalue weighted by Crippen LogP contribution is 2.12. The molecule has 102 valence electrons. The second kappa shape index (κ2) is 9.95. The van der Waals surface area contributed by atoms with Gasteiger partial charge in [-0.2, -0.15) is 0 Å². The van der Waals surface area contributed by atoms with Gasteiger partial charge >= 0.3 is 0 Å². The number of hydrogen-bond donors (Lipinski definition) is 1. The van der Waals surface area contributed by atoms with Crippen LogP contribution in [0.25, 0.3) is 0 Å². The van der Waals surface area contributed by atoms with Crippen LogP contribution in [-0.2, 0) is 0 Å². The molecule has 0 radical (unpaired) electrons. The van der Waals surface area contributed by atoms with Crippen LogP contribution in [0.2, 0.25) is 0 Å². The molecule has 1 aromatic rings. The van der Waals surface area contributed by atoms with Crippen LogP contribution < -0.4 is 10.1 Å². The quantitative estimate of drug-likeness (QED) is 0.634. The summed E-state index contributed by atoms with van der Waals surface area (Å²) in [5.74, 6) is 0.991. The van der Waals surface area contributed by atoms with E-state index in [1.807, 2.05) is 12.1 Å². The van der Waals surface area contributed by atoms with E-state index < -0.39 is 0 Å². The van der Waals surface area contributed by atoms with Crippen LogP contribution >= 0.6 is 0 Å². The summed E-state index contributed by atoms with van der Waals surface area (Å²) in [7, 11) is 0. The average Bonchev–Trinajstić information content (AvgIpc) is 2.39. The summed E-state index contributed by atoms with van der Waals surface area (Å²) in [6.07, 6.45) is 6.23. The molecule has 0 aromatic heterocycles. The lowest BCUT2D eigenvalue weighted by Gasteiger charge is -2.06. The third kappa shape index (κ3) is 7.33. The second-order valence-corrected chi connectivity index (χ2v) is 4.83. The fourth-order valence-electron chi connectivity index (χ4n) is 1.83. The van der Waals surface area contributed by atoms with Crippen LogP contribution in [0.5, 0.6) is 5.75 Å². The van der Waals surface area contributed by atoms with Gasteiger partial charge in [-0.25, -0.2) is 0 Å². The van der Waals surface area contributed by atoms with Gasteiger partial charge in [-0.3, -0.25) is 0 Å². The predicted octanol–water partition coefficient (Wildman–Crippen LogP) is 3.93. The molecule has 1 N–H and O–H groups in total. The summed E-state index contributed by atoms with van der Waals surface area (Å²) in [4.78, 5) is 0. The summed E-state index contributed by atoms with van der Waals surface area (Å²) in [6, 6.07) is 8.28. The number of rotatable bonds is 10. The van der Waals surface area contributed by atoms with Gasteiger partial charge in [0.15, 0.2) is 0 Å². The summed E-state index contributed by atoms with van der Waals surface area (Å²) in [5, 5.41) is 3.43. The molecule has 0 unspecified atom stereocenters. The lowest BCUT2D eigenvalue weighted by molar-refractivity contribution is 0.304. The molecule has 0 aliphatic heterocycles. The van der Waals surface area contributed by atoms with E-state index in [1.54, 1.807) is 0 Å². The highest BCUT2D eigenvalue weighted by atomic mass is 16.5. The molecule has 18 heavy (non-hydrogen) atoms. The van der Waals surface area contributed by atoms with Crippen LogP contribution in [0.4, 0.5) is 0 Å². The highest BCUT2D eigenvalue weighted by Gasteiger charge is 1.94. The minimum atomic E-state index is 0.839. The molecule has 0 amide bonds. The van der Waals surface area contributed by atoms with Crippen molar-refractivity contribution in [3.05, 3.63) is 29.8 Å². The van der Waals surface area contributed by atoms with Gasteiger partial charge < -0.3 is 10.1 Å². The van der Waals surface area contributed by atoms with Crippen molar-refractivity contribution in [2.75, 3.05) is 19.7 Å². The number of nitrogens with one attached hydrogen (secondary N) is 1. The first-order valence-electron chi connectivity index (χ1n) is 7.23. The summed E-state index contributed by atoms with van der Waals surface area (Å²) in [5.41, 5.74) is 1.28. The van der Waals surface area contributed by atoms with Crippen LogP contribution in [0.15, 0.2) is 24.3 Å². The molecule has 1 aromatic carbocycles. The smallest absolute Gasteiger partial charge is 0.119 e. The molecule has 0 spiro atoms. The Morgan fingerprint density at radius 2 is 1.67 bits per heavy atom. The van der Waals surface area contributed by atoms with Gasteiger partial charge in [-0.1, -0.05) is 37.5 Å². The lowest BCUT2D eigenvalue weighted by atomic mass is 10.2. The number of hydrogen-bond acceptors (Lipinski definition) is 2. The molecule has 0 aliphatic carbocycles. The van der Waals surface area contributed by atoms with Gasteiger partial charge in [0, 0.05) is 0 Å². The van der Waals surface area contributed by atoms with Crippen molar-refractivity contribution in [2.45, 2.75) is 46.0 Å². The normalized spacial score (nSPS) is 10.6. The average molecular weight is 249 g/mol. The van der Waals surface area contributed by atoms with Crippen LogP contribution in [0.3, 0.4) is 0 Å². The molecule has 0 saturated heterocycles. The van der Waals surface area contributed by atoms with E-state index in [0.717, 1.165) is 31.9 Å². The van der Waals surface area contributed by atoms with Crippen molar-refractivity contribution in [3.63, 3.8) is 0 Å². The summed E-state index contributed by atoms with van der Waals surface area (Å²) >= 11 is 0. The maximum absolute atomic E-state index is 5.69. The van der Waals surface area contributed by atoms with E-state index >= 15 is 0 Å². The molecule has 0 aliphatic rings. The topological polar surface area (TPSA) is 21.3 Å². The van der Waals surface area contributed by atoms with E-state index in [2.05, 4.69) is 31.3 Å². The third-order valence-electron chi connectivity index (χ3n) is 2.96. The molecule has 0 fully saturated rings. The van der Waals surface area contributed by atoms with Crippen molar-refractivity contribution < 1.29 is 4.74 Å². The Bertz CT molecular complexity index is 294. The largest absolute Gasteiger partial charge is 0.494 e. The molecule has 0 bridgehead atoms. The Hall–Kier alpha value is -1.02. The van der Waals surface area contributed by atoms with Crippen LogP contribution in [0, 0.1) is 6.92 Å². The number of benzene rings is 1. The summed E-state index contributed by atoms with van der Waals surface area (Å²) < 4.78 is 5.69. The number of aryl methyl sites for hydroxylation is 1. The Morgan fingerprint density at radius 3 is 2.39 bits per heavy atom. The Balaban J connectivity index is 1.91. The van der Waals surface area contributed by atoms with Gasteiger partial charge in [0.2, 0.25) is 0 Å². The maximum atomic E-state index is 5.69. The van der Waals surface area contributed by atoms with Gasteiger partial charge in [0.05, 0.1) is 6.61 Å². The Morgan fingerprint density at radius 1 is 0.944 bits per heavy atom. The van der Waals surface area contributed by atoms with Gasteiger partial charge in [0.25, 0.3) is 0 Å². The summed E-state index contributed by atoms with van der Waals surface area (Å²) in [6.45, 7) is 7.44. The van der Waals surface area contributed by atoms with Crippen molar-refractivity contribution >= 4 is 0 Å². The Kier molecular flexibility index (Phi) is 8.32. The van der Waals surface area contributed by atoms with Crippen LogP contribution in [0.1, 0.15) is 44.6 Å². The zero-order valence-corrected chi connectivity index (χ0v) is 11.9. The fourth-order valence-corrected chi connectivity index (χ4v) is 1.83. The molecular weight excluding hydrogens is 222 g/mol. The van der Waals surface area contributed by atoms with Crippen molar-refractivity contribution in [2.24, 2.45) is 0 Å². The zero-order chi connectivity index (χ0) is 13.1. The van der Waals surface area contributed by atoms with Gasteiger partial charge in [-0.15, -0.1) is 0 Å². The minimum absolute atomic E-state index is 0.839. The number of ether oxygens (including phenoxy) is 1. The first kappa shape index (κ1) is 15.0. The standard InChI is InChI=1S/C16H27NO/c1-3-12-17-13-6-4-5-7-14-18-16-10-8-15(2)9-11-16/h8-11,17H,3-7,12-14H2,1-2H3. The monoisotopic (exact) mass is 249 g/mol. The minimum Gasteiger partial charge on any atom is -0.494 e. The van der Waals surface area contributed by atoms with E-state index in [9.17, 15) is 0 Å². The Labute approximate surface area is 112 Å².